The van der Waals surface area contributed by atoms with E-state index in [2.05, 4.69) is 13.2 Å². The molecule has 10 nitrogen and oxygen atoms in total. The molecule has 0 aromatic heterocycles. The Morgan fingerprint density at radius 2 is 1.08 bits per heavy atom. The van der Waals surface area contributed by atoms with Gasteiger partial charge in [0.25, 0.3) is 0 Å². The Morgan fingerprint density at radius 3 is 1.42 bits per heavy atom. The van der Waals surface area contributed by atoms with E-state index in [1.807, 2.05) is 0 Å². The summed E-state index contributed by atoms with van der Waals surface area (Å²) >= 11 is 0. The van der Waals surface area contributed by atoms with Gasteiger partial charge in [-0.15, -0.1) is 0 Å². The lowest BCUT2D eigenvalue weighted by Crippen LogP contribution is -2.30. The second-order valence-electron chi connectivity index (χ2n) is 8.52. The molecule has 2 N–H and O–H groups in total. The van der Waals surface area contributed by atoms with Crippen molar-refractivity contribution < 1.29 is 48.3 Å². The van der Waals surface area contributed by atoms with Crippen molar-refractivity contribution in [2.24, 2.45) is 11.8 Å². The number of aromatic hydroxyl groups is 2. The van der Waals surface area contributed by atoms with Gasteiger partial charge in [0, 0.05) is 0 Å². The zero-order valence-corrected chi connectivity index (χ0v) is 20.6. The van der Waals surface area contributed by atoms with Crippen molar-refractivity contribution in [3.05, 3.63) is 72.8 Å². The molecular formula is C28H28O10. The Kier molecular flexibility index (Phi) is 9.64. The first-order valence-corrected chi connectivity index (χ1v) is 11.9. The minimum atomic E-state index is -0.784. The van der Waals surface area contributed by atoms with Crippen LogP contribution >= 0.6 is 0 Å². The Balaban J connectivity index is 1.55. The van der Waals surface area contributed by atoms with Crippen molar-refractivity contribution in [1.29, 1.82) is 0 Å². The van der Waals surface area contributed by atoms with Crippen LogP contribution in [0.3, 0.4) is 0 Å². The summed E-state index contributed by atoms with van der Waals surface area (Å²) in [5, 5.41) is 19.8. The van der Waals surface area contributed by atoms with Crippen molar-refractivity contribution in [1.82, 2.24) is 0 Å². The average molecular weight is 525 g/mol. The maximum atomic E-state index is 12.7. The van der Waals surface area contributed by atoms with Crippen LogP contribution < -0.4 is 9.47 Å². The van der Waals surface area contributed by atoms with Crippen LogP contribution in [0.1, 0.15) is 46.4 Å². The molecular weight excluding hydrogens is 496 g/mol. The van der Waals surface area contributed by atoms with Crippen LogP contribution in [-0.4, -0.2) is 47.3 Å². The van der Waals surface area contributed by atoms with Crippen LogP contribution in [0.25, 0.3) is 0 Å². The van der Waals surface area contributed by atoms with Gasteiger partial charge in [-0.1, -0.05) is 25.3 Å². The zero-order chi connectivity index (χ0) is 27.7. The van der Waals surface area contributed by atoms with Crippen molar-refractivity contribution in [2.45, 2.75) is 25.7 Å². The smallest absolute Gasteiger partial charge is 0.342 e. The van der Waals surface area contributed by atoms with Crippen molar-refractivity contribution in [3.63, 3.8) is 0 Å². The molecule has 10 heteroatoms. The maximum absolute atomic E-state index is 12.7. The molecule has 0 heterocycles. The van der Waals surface area contributed by atoms with Crippen molar-refractivity contribution >= 4 is 23.9 Å². The molecule has 1 fully saturated rings. The van der Waals surface area contributed by atoms with E-state index >= 15 is 0 Å². The lowest BCUT2D eigenvalue weighted by molar-refractivity contribution is -0.145. The first-order valence-electron chi connectivity index (χ1n) is 11.9. The van der Waals surface area contributed by atoms with E-state index < -0.39 is 35.7 Å². The summed E-state index contributed by atoms with van der Waals surface area (Å²) < 4.78 is 20.6. The quantitative estimate of drug-likeness (QED) is 0.265. The number of rotatable bonds is 10. The van der Waals surface area contributed by atoms with E-state index in [-0.39, 0.29) is 47.3 Å². The fraction of sp³-hybridized carbons (Fsp3) is 0.286. The number of hydrogen-bond acceptors (Lipinski definition) is 10. The summed E-state index contributed by atoms with van der Waals surface area (Å²) in [4.78, 5) is 49.5. The number of carbonyl (C=O) groups excluding carboxylic acids is 4. The van der Waals surface area contributed by atoms with Gasteiger partial charge in [-0.25, -0.2) is 9.59 Å². The molecule has 0 aliphatic heterocycles. The topological polar surface area (TPSA) is 146 Å². The third-order valence-electron chi connectivity index (χ3n) is 5.87. The summed E-state index contributed by atoms with van der Waals surface area (Å²) in [6, 6.07) is 7.63. The molecule has 0 unspecified atom stereocenters. The number of benzene rings is 2. The molecule has 0 amide bonds. The monoisotopic (exact) mass is 524 g/mol. The van der Waals surface area contributed by atoms with Crippen LogP contribution in [0.2, 0.25) is 0 Å². The van der Waals surface area contributed by atoms with E-state index in [4.69, 9.17) is 18.9 Å². The summed E-state index contributed by atoms with van der Waals surface area (Å²) in [7, 11) is 0. The molecule has 3 rings (SSSR count). The molecule has 2 aromatic carbocycles. The number of phenolic OH excluding ortho intramolecular Hbond substituents is 2. The first kappa shape index (κ1) is 28.0. The number of ether oxygens (including phenoxy) is 4. The van der Waals surface area contributed by atoms with E-state index in [1.165, 1.54) is 48.6 Å². The highest BCUT2D eigenvalue weighted by molar-refractivity contribution is 5.94. The van der Waals surface area contributed by atoms with Gasteiger partial charge in [-0.2, -0.15) is 0 Å². The fourth-order valence-electron chi connectivity index (χ4n) is 3.87. The average Bonchev–Trinajstić information content (AvgIpc) is 2.92. The van der Waals surface area contributed by atoms with Crippen LogP contribution in [0, 0.1) is 11.8 Å². The van der Waals surface area contributed by atoms with Crippen LogP contribution in [0.4, 0.5) is 0 Å². The number of carbonyl (C=O) groups is 4. The summed E-state index contributed by atoms with van der Waals surface area (Å²) in [5.74, 6) is -4.01. The third kappa shape index (κ3) is 7.22. The lowest BCUT2D eigenvalue weighted by atomic mass is 9.82. The highest BCUT2D eigenvalue weighted by Crippen LogP contribution is 2.33. The van der Waals surface area contributed by atoms with Crippen LogP contribution in [0.15, 0.2) is 61.7 Å². The summed E-state index contributed by atoms with van der Waals surface area (Å²) in [6.07, 6.45) is 4.27. The normalized spacial score (nSPS) is 16.5. The predicted molar refractivity (Wildman–Crippen MR) is 134 cm³/mol. The number of hydrogen-bond donors (Lipinski definition) is 2. The second kappa shape index (κ2) is 13.1. The molecule has 1 aliphatic carbocycles. The standard InChI is InChI=1S/C28H28O10/c1-3-13-35-27(33)21-15-19(9-11-23(21)29)37-25(31)17-5-7-18(8-6-17)26(32)38-20-10-12-24(30)22(16-20)28(34)36-14-4-2/h3-4,9-12,15-18,29-30H,1-2,5-8,13-14H2. The van der Waals surface area contributed by atoms with Gasteiger partial charge in [0.2, 0.25) is 0 Å². The molecule has 0 radical (unpaired) electrons. The minimum Gasteiger partial charge on any atom is -0.507 e. The predicted octanol–water partition coefficient (Wildman–Crippen LogP) is 4.10. The Bertz CT molecular complexity index is 1130. The van der Waals surface area contributed by atoms with Crippen LogP contribution in [0.5, 0.6) is 23.0 Å². The number of phenols is 2. The molecule has 38 heavy (non-hydrogen) atoms. The van der Waals surface area contributed by atoms with E-state index in [1.54, 1.807) is 0 Å². The minimum absolute atomic E-state index is 0.0376. The summed E-state index contributed by atoms with van der Waals surface area (Å²) in [5.41, 5.74) is -0.287. The zero-order valence-electron chi connectivity index (χ0n) is 20.6. The number of esters is 4. The summed E-state index contributed by atoms with van der Waals surface area (Å²) in [6.45, 7) is 6.82. The molecule has 0 atom stereocenters. The van der Waals surface area contributed by atoms with Gasteiger partial charge in [0.1, 0.15) is 47.3 Å². The highest BCUT2D eigenvalue weighted by Gasteiger charge is 2.32. The fourth-order valence-corrected chi connectivity index (χ4v) is 3.87. The van der Waals surface area contributed by atoms with E-state index in [0.29, 0.717) is 25.7 Å². The van der Waals surface area contributed by atoms with Crippen molar-refractivity contribution in [2.75, 3.05) is 13.2 Å². The van der Waals surface area contributed by atoms with Gasteiger partial charge < -0.3 is 29.2 Å². The van der Waals surface area contributed by atoms with Gasteiger partial charge in [0.05, 0.1) is 11.8 Å². The Morgan fingerprint density at radius 1 is 0.711 bits per heavy atom. The molecule has 0 spiro atoms. The Labute approximate surface area is 219 Å². The van der Waals surface area contributed by atoms with Crippen molar-refractivity contribution in [3.8, 4) is 23.0 Å². The van der Waals surface area contributed by atoms with Gasteiger partial charge >= 0.3 is 23.9 Å². The van der Waals surface area contributed by atoms with Gasteiger partial charge in [-0.05, 0) is 62.1 Å². The van der Waals surface area contributed by atoms with Gasteiger partial charge in [-0.3, -0.25) is 9.59 Å². The van der Waals surface area contributed by atoms with Crippen LogP contribution in [-0.2, 0) is 19.1 Å². The second-order valence-corrected chi connectivity index (χ2v) is 8.52. The molecule has 0 saturated heterocycles. The maximum Gasteiger partial charge on any atom is 0.342 e. The van der Waals surface area contributed by atoms with E-state index in [9.17, 15) is 29.4 Å². The van der Waals surface area contributed by atoms with E-state index in [0.717, 1.165) is 0 Å². The highest BCUT2D eigenvalue weighted by atomic mass is 16.5. The molecule has 1 saturated carbocycles. The SMILES string of the molecule is C=CCOC(=O)c1cc(OC(=O)C2CCC(C(=O)Oc3ccc(O)c(C(=O)OCC=C)c3)CC2)ccc1O. The Hall–Kier alpha value is -4.60. The molecule has 200 valence electrons. The molecule has 1 aliphatic rings. The van der Waals surface area contributed by atoms with Gasteiger partial charge in [0.15, 0.2) is 0 Å². The third-order valence-corrected chi connectivity index (χ3v) is 5.87. The molecule has 0 bridgehead atoms. The first-order chi connectivity index (χ1) is 18.2. The molecule has 2 aromatic rings. The largest absolute Gasteiger partial charge is 0.507 e. The lowest BCUT2D eigenvalue weighted by Gasteiger charge is -2.25.